The van der Waals surface area contributed by atoms with Crippen LogP contribution in [-0.4, -0.2) is 42.7 Å². The first-order valence-electron chi connectivity index (χ1n) is 9.01. The Morgan fingerprint density at radius 2 is 2.07 bits per heavy atom. The highest BCUT2D eigenvalue weighted by atomic mass is 16.5. The average molecular weight is 404 g/mol. The molecule has 2 aromatic rings. The predicted octanol–water partition coefficient (Wildman–Crippen LogP) is -0.270. The van der Waals surface area contributed by atoms with Crippen LogP contribution >= 0.6 is 0 Å². The molecule has 0 saturated heterocycles. The second-order valence-electron chi connectivity index (χ2n) is 6.01. The van der Waals surface area contributed by atoms with Crippen LogP contribution in [-0.2, 0) is 16.0 Å². The number of aromatic amines is 1. The lowest BCUT2D eigenvalue weighted by atomic mass is 10.1. The minimum absolute atomic E-state index is 0.110. The van der Waals surface area contributed by atoms with Gasteiger partial charge in [-0.2, -0.15) is 0 Å². The van der Waals surface area contributed by atoms with Gasteiger partial charge < -0.3 is 19.9 Å². The summed E-state index contributed by atoms with van der Waals surface area (Å²) < 4.78 is 15.3. The number of rotatable bonds is 8. The van der Waals surface area contributed by atoms with Crippen LogP contribution in [0.5, 0.6) is 11.5 Å². The summed E-state index contributed by atoms with van der Waals surface area (Å²) in [4.78, 5) is 33.6. The van der Waals surface area contributed by atoms with E-state index in [0.717, 1.165) is 0 Å². The molecule has 0 radical (unpaired) electrons. The Labute approximate surface area is 168 Å². The number of esters is 1. The van der Waals surface area contributed by atoms with Gasteiger partial charge in [-0.05, 0) is 32.4 Å². The normalized spacial score (nSPS) is 11.1. The molecule has 0 aliphatic rings. The third kappa shape index (κ3) is 5.96. The van der Waals surface area contributed by atoms with Crippen LogP contribution in [0.4, 0.5) is 11.6 Å². The molecule has 0 aliphatic carbocycles. The van der Waals surface area contributed by atoms with Gasteiger partial charge in [0.15, 0.2) is 5.75 Å². The first-order chi connectivity index (χ1) is 13.9. The standard InChI is InChI=1S/C19H25N5O5/c1-5-29-16(25)9-7-13-11(2)21-19(23-17(13)26)24-18(20)22-14-8-6-12(27-3)10-15(14)28-4/h6,8,10H,5,7,9H2,1-4H3,(H4,20,21,22,23,24,26)/p+1. The van der Waals surface area contributed by atoms with Gasteiger partial charge in [-0.1, -0.05) is 0 Å². The van der Waals surface area contributed by atoms with E-state index < -0.39 is 0 Å². The van der Waals surface area contributed by atoms with Crippen molar-refractivity contribution in [2.45, 2.75) is 26.7 Å². The van der Waals surface area contributed by atoms with Gasteiger partial charge in [0.05, 0.1) is 32.1 Å². The highest BCUT2D eigenvalue weighted by Gasteiger charge is 2.15. The van der Waals surface area contributed by atoms with Crippen molar-refractivity contribution in [2.24, 2.45) is 5.73 Å². The summed E-state index contributed by atoms with van der Waals surface area (Å²) in [6, 6.07) is 5.20. The minimum atomic E-state index is -0.358. The summed E-state index contributed by atoms with van der Waals surface area (Å²) in [5.74, 6) is 1.11. The lowest BCUT2D eigenvalue weighted by Crippen LogP contribution is -2.73. The van der Waals surface area contributed by atoms with Gasteiger partial charge in [0, 0.05) is 12.5 Å². The number of nitrogens with zero attached hydrogens (tertiary/aromatic N) is 1. The summed E-state index contributed by atoms with van der Waals surface area (Å²) in [6.45, 7) is 3.72. The number of nitrogens with two attached hydrogens (primary N) is 1. The number of H-pyrrole nitrogens is 1. The van der Waals surface area contributed by atoms with Gasteiger partial charge in [0.1, 0.15) is 11.4 Å². The van der Waals surface area contributed by atoms with Crippen molar-refractivity contribution in [1.82, 2.24) is 9.97 Å². The fourth-order valence-corrected chi connectivity index (χ4v) is 2.63. The highest BCUT2D eigenvalue weighted by Crippen LogP contribution is 2.28. The molecule has 2 rings (SSSR count). The summed E-state index contributed by atoms with van der Waals surface area (Å²) in [5, 5.41) is 2.95. The lowest BCUT2D eigenvalue weighted by Gasteiger charge is -2.09. The van der Waals surface area contributed by atoms with Gasteiger partial charge in [-0.15, -0.1) is 4.98 Å². The molecule has 10 heteroatoms. The molecular formula is C19H26N5O5+. The van der Waals surface area contributed by atoms with E-state index in [9.17, 15) is 9.59 Å². The number of ether oxygens (including phenoxy) is 3. The monoisotopic (exact) mass is 404 g/mol. The minimum Gasteiger partial charge on any atom is -0.497 e. The van der Waals surface area contributed by atoms with Crippen molar-refractivity contribution < 1.29 is 24.0 Å². The summed E-state index contributed by atoms with van der Waals surface area (Å²) >= 11 is 0. The van der Waals surface area contributed by atoms with Crippen LogP contribution in [0.25, 0.3) is 0 Å². The van der Waals surface area contributed by atoms with Crippen molar-refractivity contribution in [2.75, 3.05) is 26.1 Å². The maximum Gasteiger partial charge on any atom is 0.325 e. The number of aromatic nitrogens is 2. The Balaban J connectivity index is 2.17. The number of carbonyl (C=O) groups excluding carboxylic acids is 1. The molecule has 1 heterocycles. The fourth-order valence-electron chi connectivity index (χ4n) is 2.63. The molecule has 0 amide bonds. The zero-order chi connectivity index (χ0) is 21.4. The SMILES string of the molecule is CCOC(=O)CCc1c(C)nc([NH+]=C(N)Nc2ccc(OC)cc2OC)[nH]c1=O. The lowest BCUT2D eigenvalue weighted by molar-refractivity contribution is -0.365. The van der Waals surface area contributed by atoms with Crippen molar-refractivity contribution in [3.63, 3.8) is 0 Å². The zero-order valence-electron chi connectivity index (χ0n) is 16.9. The number of methoxy groups -OCH3 is 2. The second-order valence-corrected chi connectivity index (χ2v) is 6.01. The van der Waals surface area contributed by atoms with Crippen molar-refractivity contribution in [1.29, 1.82) is 0 Å². The molecular weight excluding hydrogens is 378 g/mol. The molecule has 0 bridgehead atoms. The largest absolute Gasteiger partial charge is 0.497 e. The number of guanidine groups is 1. The van der Waals surface area contributed by atoms with Crippen LogP contribution in [0, 0.1) is 6.92 Å². The third-order valence-corrected chi connectivity index (χ3v) is 4.04. The average Bonchev–Trinajstić information content (AvgIpc) is 2.67. The van der Waals surface area contributed by atoms with Crippen LogP contribution in [0.2, 0.25) is 0 Å². The number of hydrogen-bond donors (Lipinski definition) is 4. The van der Waals surface area contributed by atoms with Gasteiger partial charge >= 0.3 is 11.9 Å². The third-order valence-electron chi connectivity index (χ3n) is 4.04. The van der Waals surface area contributed by atoms with Gasteiger partial charge in [-0.3, -0.25) is 14.9 Å². The van der Waals surface area contributed by atoms with E-state index in [1.165, 1.54) is 7.11 Å². The van der Waals surface area contributed by atoms with Crippen molar-refractivity contribution >= 4 is 23.6 Å². The number of hydrogen-bond acceptors (Lipinski definition) is 6. The predicted molar refractivity (Wildman–Crippen MR) is 108 cm³/mol. The molecule has 0 spiro atoms. The van der Waals surface area contributed by atoms with Gasteiger partial charge in [0.25, 0.3) is 11.5 Å². The Kier molecular flexibility index (Phi) is 7.58. The van der Waals surface area contributed by atoms with E-state index in [2.05, 4.69) is 20.3 Å². The molecule has 0 saturated carbocycles. The first-order valence-corrected chi connectivity index (χ1v) is 9.01. The van der Waals surface area contributed by atoms with E-state index in [-0.39, 0.29) is 36.3 Å². The highest BCUT2D eigenvalue weighted by molar-refractivity contribution is 5.90. The molecule has 156 valence electrons. The zero-order valence-corrected chi connectivity index (χ0v) is 16.9. The molecule has 0 atom stereocenters. The van der Waals surface area contributed by atoms with E-state index in [0.29, 0.717) is 35.1 Å². The molecule has 0 aliphatic heterocycles. The maximum atomic E-state index is 12.3. The second kappa shape index (κ2) is 10.1. The smallest absolute Gasteiger partial charge is 0.325 e. The Bertz CT molecular complexity index is 954. The van der Waals surface area contributed by atoms with Crippen molar-refractivity contribution in [3.05, 3.63) is 39.8 Å². The van der Waals surface area contributed by atoms with Gasteiger partial charge in [0.2, 0.25) is 0 Å². The van der Waals surface area contributed by atoms with Crippen LogP contribution < -0.4 is 31.1 Å². The molecule has 1 aromatic heterocycles. The number of nitrogens with one attached hydrogen (secondary N) is 3. The molecule has 5 N–H and O–H groups in total. The molecule has 0 unspecified atom stereocenters. The van der Waals surface area contributed by atoms with E-state index in [4.69, 9.17) is 19.9 Å². The molecule has 10 nitrogen and oxygen atoms in total. The van der Waals surface area contributed by atoms with E-state index >= 15 is 0 Å². The fraction of sp³-hybridized carbons (Fsp3) is 0.368. The number of carbonyl (C=O) groups is 1. The van der Waals surface area contributed by atoms with Crippen LogP contribution in [0.1, 0.15) is 24.6 Å². The summed E-state index contributed by atoms with van der Waals surface area (Å²) in [5.41, 5.74) is 7.16. The summed E-state index contributed by atoms with van der Waals surface area (Å²) in [6.07, 6.45) is 0.354. The Morgan fingerprint density at radius 1 is 1.31 bits per heavy atom. The van der Waals surface area contributed by atoms with E-state index in [1.54, 1.807) is 39.2 Å². The summed E-state index contributed by atoms with van der Waals surface area (Å²) in [7, 11) is 3.09. The van der Waals surface area contributed by atoms with Crippen LogP contribution in [0.3, 0.4) is 0 Å². The van der Waals surface area contributed by atoms with Crippen LogP contribution in [0.15, 0.2) is 23.0 Å². The number of aryl methyl sites for hydroxylation is 1. The molecule has 1 aromatic carbocycles. The number of anilines is 1. The molecule has 0 fully saturated rings. The number of benzene rings is 1. The quantitative estimate of drug-likeness (QED) is 0.268. The van der Waals surface area contributed by atoms with Gasteiger partial charge in [-0.25, -0.2) is 9.98 Å². The topological polar surface area (TPSA) is 143 Å². The Morgan fingerprint density at radius 3 is 2.69 bits per heavy atom. The van der Waals surface area contributed by atoms with E-state index in [1.807, 2.05) is 0 Å². The van der Waals surface area contributed by atoms with Crippen molar-refractivity contribution in [3.8, 4) is 11.5 Å². The first kappa shape index (κ1) is 21.7. The Hall–Kier alpha value is -3.56. The molecule has 29 heavy (non-hydrogen) atoms. The maximum absolute atomic E-state index is 12.3.